The van der Waals surface area contributed by atoms with Crippen LogP contribution in [0.15, 0.2) is 133 Å². The number of carbonyl (C=O) groups is 6. The van der Waals surface area contributed by atoms with Crippen molar-refractivity contribution in [1.82, 2.24) is 25.7 Å². The predicted octanol–water partition coefficient (Wildman–Crippen LogP) is 6.52. The Morgan fingerprint density at radius 2 is 1.42 bits per heavy atom. The normalized spacial score (nSPS) is 16.9. The zero-order valence-electron chi connectivity index (χ0n) is 39.8. The first-order chi connectivity index (χ1) is 34.2. The van der Waals surface area contributed by atoms with E-state index in [4.69, 9.17) is 4.74 Å². The van der Waals surface area contributed by atoms with Crippen LogP contribution in [-0.4, -0.2) is 88.7 Å². The van der Waals surface area contributed by atoms with Gasteiger partial charge in [-0.15, -0.1) is 0 Å². The molecule has 4 N–H and O–H groups in total. The number of hydrogen-bond acceptors (Lipinski definition) is 7. The highest BCUT2D eigenvalue weighted by Gasteiger charge is 2.52. The molecule has 3 aliphatic rings. The molecule has 71 heavy (non-hydrogen) atoms. The molecule has 4 aromatic carbocycles. The molecule has 17 heteroatoms. The first-order valence-corrected chi connectivity index (χ1v) is 23.9. The first kappa shape index (κ1) is 49.5. The van der Waals surface area contributed by atoms with Crippen molar-refractivity contribution < 1.29 is 46.6 Å². The number of carbonyl (C=O) groups excluding carboxylic acids is 6. The van der Waals surface area contributed by atoms with E-state index in [1.54, 1.807) is 128 Å². The lowest BCUT2D eigenvalue weighted by Crippen LogP contribution is -2.56. The van der Waals surface area contributed by atoms with Crippen LogP contribution < -0.4 is 30.9 Å². The van der Waals surface area contributed by atoms with Gasteiger partial charge in [-0.2, -0.15) is 0 Å². The van der Waals surface area contributed by atoms with Crippen LogP contribution in [0.2, 0.25) is 0 Å². The molecule has 0 aliphatic carbocycles. The monoisotopic (exact) mass is 963 g/mol. The second-order valence-electron chi connectivity index (χ2n) is 18.0. The second-order valence-corrected chi connectivity index (χ2v) is 18.0. The summed E-state index contributed by atoms with van der Waals surface area (Å²) in [6.45, 7) is 1.17. The van der Waals surface area contributed by atoms with Crippen LogP contribution in [0, 0.1) is 13.8 Å². The number of halogens is 2. The quantitative estimate of drug-likeness (QED) is 0.0415. The third kappa shape index (κ3) is 11.2. The molecular formula is C54H56BF2N7O7. The maximum atomic E-state index is 15.8. The molecule has 366 valence electrons. The average Bonchev–Trinajstić information content (AvgIpc) is 3.90. The van der Waals surface area contributed by atoms with Gasteiger partial charge in [0.1, 0.15) is 30.1 Å². The molecule has 3 aliphatic heterocycles. The van der Waals surface area contributed by atoms with E-state index in [0.717, 1.165) is 14.5 Å². The van der Waals surface area contributed by atoms with Crippen molar-refractivity contribution in [3.8, 4) is 5.75 Å². The standard InChI is InChI=1S/C54H56BF2N7O7/c1-35-31-36(2)63-45(35)33-43-26-25-42(64(43)55(63,56)57)27-28-47(65)58-29-13-6-14-30-59-49(67)34-62-44-19-11-12-20-46(44)71-52(41-17-9-5-10-18-41)50(54(62)70)61-53(69)37(3)60-48(66)32-38-21-23-40(24-22-38)51(68)39-15-7-4-8-16-39/h4-5,7-12,15-26,31,33,37,50,52H,6,13-14,27-30,32,34H2,1-3H3,(H,58,65)(H,59,67)(H,60,66)(H,61,69)/t37-,50-,52+/m0/s1. The fourth-order valence-corrected chi connectivity index (χ4v) is 9.26. The van der Waals surface area contributed by atoms with E-state index < -0.39 is 48.8 Å². The Morgan fingerprint density at radius 1 is 0.775 bits per heavy atom. The minimum Gasteiger partial charge on any atom is -0.481 e. The summed E-state index contributed by atoms with van der Waals surface area (Å²) in [6.07, 6.45) is 6.07. The predicted molar refractivity (Wildman–Crippen MR) is 267 cm³/mol. The number of benzene rings is 4. The summed E-state index contributed by atoms with van der Waals surface area (Å²) in [5, 5.41) is 11.3. The number of anilines is 1. The van der Waals surface area contributed by atoms with Gasteiger partial charge in [-0.05, 0) is 80.6 Å². The Balaban J connectivity index is 0.823. The van der Waals surface area contributed by atoms with Crippen LogP contribution in [-0.2, 0) is 30.4 Å². The Labute approximate surface area is 410 Å². The van der Waals surface area contributed by atoms with Crippen molar-refractivity contribution in [2.24, 2.45) is 0 Å². The Bertz CT molecular complexity index is 2940. The number of nitrogens with one attached hydrogen (secondary N) is 4. The molecule has 0 spiro atoms. The number of allylic oxidation sites excluding steroid dienone is 2. The molecule has 0 bridgehead atoms. The minimum atomic E-state index is -4.10. The fraction of sp³-hybridized carbons (Fsp3) is 0.278. The van der Waals surface area contributed by atoms with E-state index in [0.29, 0.717) is 88.8 Å². The van der Waals surface area contributed by atoms with Crippen molar-refractivity contribution in [2.45, 2.75) is 77.5 Å². The molecule has 0 saturated carbocycles. The SMILES string of the molecule is Cc1cc(C)n2c1C=C1C=CC(CCC(=O)NCCCCCNC(=O)CN3C(=O)[C@@H](NC(=O)[C@H](C)NC(=O)Cc4ccc(C(=O)c5ccccc5)cc4)[C@@H](c4ccccc4)Oc4ccccc43)=[N+]1[B-]2(F)F. The molecule has 0 saturated heterocycles. The molecule has 0 fully saturated rings. The van der Waals surface area contributed by atoms with E-state index in [1.165, 1.54) is 11.8 Å². The molecule has 8 rings (SSSR count). The summed E-state index contributed by atoms with van der Waals surface area (Å²) >= 11 is 0. The summed E-state index contributed by atoms with van der Waals surface area (Å²) < 4.78 is 40.2. The summed E-state index contributed by atoms with van der Waals surface area (Å²) in [5.41, 5.74) is 5.16. The number of fused-ring (bicyclic) bond motifs is 3. The number of ether oxygens (including phenoxy) is 1. The summed E-state index contributed by atoms with van der Waals surface area (Å²) in [4.78, 5) is 82.1. The maximum absolute atomic E-state index is 15.8. The number of unbranched alkanes of at least 4 members (excludes halogenated alkanes) is 2. The third-order valence-electron chi connectivity index (χ3n) is 12.9. The number of aryl methyl sites for hydroxylation is 2. The van der Waals surface area contributed by atoms with Crippen LogP contribution in [0.25, 0.3) is 6.08 Å². The van der Waals surface area contributed by atoms with Gasteiger partial charge in [0.2, 0.25) is 23.6 Å². The van der Waals surface area contributed by atoms with Crippen molar-refractivity contribution in [2.75, 3.05) is 24.5 Å². The van der Waals surface area contributed by atoms with Gasteiger partial charge in [-0.3, -0.25) is 33.7 Å². The van der Waals surface area contributed by atoms with Gasteiger partial charge >= 0.3 is 6.97 Å². The Morgan fingerprint density at radius 3 is 2.14 bits per heavy atom. The lowest BCUT2D eigenvalue weighted by molar-refractivity contribution is -0.362. The Kier molecular flexibility index (Phi) is 15.2. The highest BCUT2D eigenvalue weighted by molar-refractivity contribution is 6.58. The molecule has 14 nitrogen and oxygen atoms in total. The number of rotatable bonds is 19. The first-order valence-electron chi connectivity index (χ1n) is 23.9. The molecule has 0 unspecified atom stereocenters. The van der Waals surface area contributed by atoms with Gasteiger partial charge in [-0.25, -0.2) is 0 Å². The van der Waals surface area contributed by atoms with E-state index >= 15 is 8.63 Å². The van der Waals surface area contributed by atoms with Crippen LogP contribution in [0.3, 0.4) is 0 Å². The van der Waals surface area contributed by atoms with E-state index in [-0.39, 0.29) is 37.5 Å². The minimum absolute atomic E-state index is 0.0508. The molecular weight excluding hydrogens is 907 g/mol. The van der Waals surface area contributed by atoms with Gasteiger partial charge in [0.05, 0.1) is 12.1 Å². The number of para-hydroxylation sites is 2. The molecule has 4 heterocycles. The van der Waals surface area contributed by atoms with E-state index in [2.05, 4.69) is 21.3 Å². The number of amides is 5. The number of nitrogens with zero attached hydrogens (tertiary/aromatic N) is 3. The van der Waals surface area contributed by atoms with Crippen LogP contribution in [0.5, 0.6) is 5.75 Å². The number of hydrogen-bond donors (Lipinski definition) is 4. The van der Waals surface area contributed by atoms with E-state index in [9.17, 15) is 28.8 Å². The molecule has 0 radical (unpaired) electrons. The summed E-state index contributed by atoms with van der Waals surface area (Å²) in [7, 11) is 0. The highest BCUT2D eigenvalue weighted by Crippen LogP contribution is 2.38. The van der Waals surface area contributed by atoms with Crippen LogP contribution in [0.4, 0.5) is 14.3 Å². The van der Waals surface area contributed by atoms with Gasteiger partial charge < -0.3 is 43.6 Å². The lowest BCUT2D eigenvalue weighted by atomic mass is 9.90. The highest BCUT2D eigenvalue weighted by atomic mass is 19.2. The van der Waals surface area contributed by atoms with Gasteiger partial charge in [0.25, 0.3) is 5.91 Å². The average molecular weight is 964 g/mol. The van der Waals surface area contributed by atoms with Crippen molar-refractivity contribution in [3.05, 3.63) is 172 Å². The molecule has 5 aromatic rings. The smallest absolute Gasteiger partial charge is 0.481 e. The molecule has 1 aromatic heterocycles. The number of aromatic nitrogens is 1. The largest absolute Gasteiger partial charge is 0.737 e. The topological polar surface area (TPSA) is 171 Å². The van der Waals surface area contributed by atoms with Crippen molar-refractivity contribution >= 4 is 59.8 Å². The maximum Gasteiger partial charge on any atom is 0.737 e. The Hall–Kier alpha value is -7.95. The zero-order chi connectivity index (χ0) is 50.2. The molecule has 3 atom stereocenters. The summed E-state index contributed by atoms with van der Waals surface area (Å²) in [5.74, 6) is -2.21. The lowest BCUT2D eigenvalue weighted by Gasteiger charge is -2.30. The van der Waals surface area contributed by atoms with Crippen molar-refractivity contribution in [3.63, 3.8) is 0 Å². The number of ketones is 1. The van der Waals surface area contributed by atoms with Crippen molar-refractivity contribution in [1.29, 1.82) is 0 Å². The summed E-state index contributed by atoms with van der Waals surface area (Å²) in [6, 6.07) is 30.6. The van der Waals surface area contributed by atoms with E-state index in [1.807, 2.05) is 19.1 Å². The van der Waals surface area contributed by atoms with Crippen LogP contribution in [0.1, 0.15) is 89.1 Å². The second kappa shape index (κ2) is 21.8. The fourth-order valence-electron chi connectivity index (χ4n) is 9.26. The van der Waals surface area contributed by atoms with Gasteiger partial charge in [0, 0.05) is 61.0 Å². The van der Waals surface area contributed by atoms with Gasteiger partial charge in [-0.1, -0.05) is 97.1 Å². The molecule has 5 amide bonds. The van der Waals surface area contributed by atoms with Gasteiger partial charge in [0.15, 0.2) is 17.6 Å². The zero-order valence-corrected chi connectivity index (χ0v) is 39.8. The third-order valence-corrected chi connectivity index (χ3v) is 12.9. The van der Waals surface area contributed by atoms with Crippen LogP contribution >= 0.6 is 0 Å².